The van der Waals surface area contributed by atoms with Crippen molar-refractivity contribution in [1.29, 1.82) is 0 Å². The fourth-order valence-corrected chi connectivity index (χ4v) is 5.68. The van der Waals surface area contributed by atoms with E-state index in [1.807, 2.05) is 0 Å². The lowest BCUT2D eigenvalue weighted by molar-refractivity contribution is 0.254. The molecule has 0 aliphatic heterocycles. The SMILES string of the molecule is C/C=C/CCC1CCC(CCc2ccc(/C=C/c3ccc(CC(C)c4ccccc4)cc3)cc2)CC1. The van der Waals surface area contributed by atoms with Crippen LogP contribution in [0.2, 0.25) is 0 Å². The van der Waals surface area contributed by atoms with E-state index in [1.54, 1.807) is 0 Å². The van der Waals surface area contributed by atoms with Crippen LogP contribution < -0.4 is 0 Å². The second kappa shape index (κ2) is 14.0. The van der Waals surface area contributed by atoms with Gasteiger partial charge in [-0.1, -0.05) is 136 Å². The number of hydrogen-bond acceptors (Lipinski definition) is 0. The largest absolute Gasteiger partial charge is 0.0917 e. The van der Waals surface area contributed by atoms with Crippen LogP contribution in [-0.2, 0) is 12.8 Å². The lowest BCUT2D eigenvalue weighted by Crippen LogP contribution is -2.15. The van der Waals surface area contributed by atoms with E-state index in [9.17, 15) is 0 Å². The molecular weight excluding hydrogens is 432 g/mol. The highest BCUT2D eigenvalue weighted by Gasteiger charge is 2.20. The van der Waals surface area contributed by atoms with Crippen molar-refractivity contribution in [2.24, 2.45) is 11.8 Å². The maximum Gasteiger partial charge on any atom is -0.0150 e. The molecule has 0 N–H and O–H groups in total. The van der Waals surface area contributed by atoms with Gasteiger partial charge in [-0.15, -0.1) is 0 Å². The van der Waals surface area contributed by atoms with Gasteiger partial charge in [-0.05, 0) is 84.6 Å². The summed E-state index contributed by atoms with van der Waals surface area (Å²) in [6.07, 6.45) is 21.1. The summed E-state index contributed by atoms with van der Waals surface area (Å²) in [6, 6.07) is 29.1. The first kappa shape index (κ1) is 26.2. The first-order valence-electron chi connectivity index (χ1n) is 14.2. The maximum absolute atomic E-state index is 2.33. The van der Waals surface area contributed by atoms with E-state index in [4.69, 9.17) is 0 Å². The first-order chi connectivity index (χ1) is 17.7. The molecule has 0 spiro atoms. The lowest BCUT2D eigenvalue weighted by Gasteiger charge is -2.28. The van der Waals surface area contributed by atoms with Crippen molar-refractivity contribution in [3.63, 3.8) is 0 Å². The van der Waals surface area contributed by atoms with Gasteiger partial charge in [0.25, 0.3) is 0 Å². The van der Waals surface area contributed by atoms with Gasteiger partial charge < -0.3 is 0 Å². The molecule has 188 valence electrons. The van der Waals surface area contributed by atoms with Crippen LogP contribution in [0.3, 0.4) is 0 Å². The molecular formula is C36H44. The molecule has 1 saturated carbocycles. The van der Waals surface area contributed by atoms with E-state index < -0.39 is 0 Å². The van der Waals surface area contributed by atoms with E-state index in [2.05, 4.69) is 117 Å². The number of rotatable bonds is 11. The number of aryl methyl sites for hydroxylation is 1. The average molecular weight is 477 g/mol. The Morgan fingerprint density at radius 3 is 1.83 bits per heavy atom. The molecule has 0 heterocycles. The van der Waals surface area contributed by atoms with Gasteiger partial charge in [-0.2, -0.15) is 0 Å². The van der Waals surface area contributed by atoms with Gasteiger partial charge in [0.1, 0.15) is 0 Å². The molecule has 36 heavy (non-hydrogen) atoms. The summed E-state index contributed by atoms with van der Waals surface area (Å²) in [5.41, 5.74) is 6.83. The summed E-state index contributed by atoms with van der Waals surface area (Å²) in [5, 5.41) is 0. The molecule has 0 saturated heterocycles. The van der Waals surface area contributed by atoms with Gasteiger partial charge in [-0.3, -0.25) is 0 Å². The summed E-state index contributed by atoms with van der Waals surface area (Å²) in [6.45, 7) is 4.44. The highest BCUT2D eigenvalue weighted by atomic mass is 14.3. The van der Waals surface area contributed by atoms with Crippen molar-refractivity contribution in [2.45, 2.75) is 77.6 Å². The van der Waals surface area contributed by atoms with Crippen LogP contribution in [0.5, 0.6) is 0 Å². The summed E-state index contributed by atoms with van der Waals surface area (Å²) >= 11 is 0. The Bertz CT molecular complexity index is 1060. The molecule has 0 radical (unpaired) electrons. The highest BCUT2D eigenvalue weighted by Crippen LogP contribution is 2.34. The predicted molar refractivity (Wildman–Crippen MR) is 158 cm³/mol. The van der Waals surface area contributed by atoms with E-state index in [0.29, 0.717) is 5.92 Å². The van der Waals surface area contributed by atoms with Gasteiger partial charge in [0, 0.05) is 0 Å². The van der Waals surface area contributed by atoms with Gasteiger partial charge in [0.05, 0.1) is 0 Å². The summed E-state index contributed by atoms with van der Waals surface area (Å²) in [7, 11) is 0. The molecule has 1 atom stereocenters. The van der Waals surface area contributed by atoms with Crippen LogP contribution in [0, 0.1) is 11.8 Å². The molecule has 0 bridgehead atoms. The Morgan fingerprint density at radius 1 is 0.694 bits per heavy atom. The highest BCUT2D eigenvalue weighted by molar-refractivity contribution is 5.69. The van der Waals surface area contributed by atoms with E-state index in [0.717, 1.165) is 18.3 Å². The monoisotopic (exact) mass is 476 g/mol. The maximum atomic E-state index is 2.33. The third kappa shape index (κ3) is 8.37. The molecule has 1 aliphatic carbocycles. The second-order valence-electron chi connectivity index (χ2n) is 10.9. The van der Waals surface area contributed by atoms with Crippen LogP contribution in [0.15, 0.2) is 91.0 Å². The molecule has 3 aromatic carbocycles. The van der Waals surface area contributed by atoms with Gasteiger partial charge in [0.15, 0.2) is 0 Å². The average Bonchev–Trinajstić information content (AvgIpc) is 2.93. The molecule has 1 fully saturated rings. The molecule has 0 nitrogen and oxygen atoms in total. The van der Waals surface area contributed by atoms with E-state index in [1.165, 1.54) is 79.2 Å². The van der Waals surface area contributed by atoms with Crippen LogP contribution in [0.1, 0.15) is 92.5 Å². The minimum Gasteiger partial charge on any atom is -0.0917 e. The molecule has 0 heteroatoms. The van der Waals surface area contributed by atoms with Crippen molar-refractivity contribution in [3.05, 3.63) is 119 Å². The normalized spacial score (nSPS) is 19.2. The van der Waals surface area contributed by atoms with Crippen molar-refractivity contribution < 1.29 is 0 Å². The van der Waals surface area contributed by atoms with Crippen LogP contribution in [0.25, 0.3) is 12.2 Å². The topological polar surface area (TPSA) is 0 Å². The number of benzene rings is 3. The molecule has 0 aromatic heterocycles. The predicted octanol–water partition coefficient (Wildman–Crippen LogP) is 10.3. The van der Waals surface area contributed by atoms with E-state index >= 15 is 0 Å². The Hall–Kier alpha value is -2.86. The smallest absolute Gasteiger partial charge is 0.0150 e. The standard InChI is InChI=1S/C36H44/c1-3-4-6-9-30-12-14-31(15-13-30)16-17-32-18-20-33(21-19-32)22-23-34-24-26-35(27-25-34)28-29(2)36-10-7-5-8-11-36/h3-5,7-8,10-11,18-27,29-31H,6,9,12-17,28H2,1-2H3/b4-3+,23-22+. The quantitative estimate of drug-likeness (QED) is 0.191. The minimum atomic E-state index is 0.536. The molecule has 1 aliphatic rings. The minimum absolute atomic E-state index is 0.536. The molecule has 3 aromatic rings. The third-order valence-electron chi connectivity index (χ3n) is 8.12. The van der Waals surface area contributed by atoms with Gasteiger partial charge >= 0.3 is 0 Å². The molecule has 1 unspecified atom stereocenters. The van der Waals surface area contributed by atoms with Crippen LogP contribution in [0.4, 0.5) is 0 Å². The van der Waals surface area contributed by atoms with Gasteiger partial charge in [0.2, 0.25) is 0 Å². The zero-order valence-electron chi connectivity index (χ0n) is 22.4. The van der Waals surface area contributed by atoms with E-state index in [-0.39, 0.29) is 0 Å². The Labute approximate surface area is 220 Å². The number of allylic oxidation sites excluding steroid dienone is 2. The van der Waals surface area contributed by atoms with Crippen molar-refractivity contribution in [2.75, 3.05) is 0 Å². The van der Waals surface area contributed by atoms with Crippen LogP contribution in [-0.4, -0.2) is 0 Å². The zero-order chi connectivity index (χ0) is 25.0. The van der Waals surface area contributed by atoms with Gasteiger partial charge in [-0.25, -0.2) is 0 Å². The Morgan fingerprint density at radius 2 is 1.25 bits per heavy atom. The summed E-state index contributed by atoms with van der Waals surface area (Å²) < 4.78 is 0. The summed E-state index contributed by atoms with van der Waals surface area (Å²) in [5.74, 6) is 2.44. The van der Waals surface area contributed by atoms with Crippen molar-refractivity contribution in [3.8, 4) is 0 Å². The first-order valence-corrected chi connectivity index (χ1v) is 14.2. The Kier molecular flexibility index (Phi) is 10.2. The third-order valence-corrected chi connectivity index (χ3v) is 8.12. The second-order valence-corrected chi connectivity index (χ2v) is 10.9. The zero-order valence-corrected chi connectivity index (χ0v) is 22.4. The Balaban J connectivity index is 1.20. The fourth-order valence-electron chi connectivity index (χ4n) is 5.68. The number of hydrogen-bond donors (Lipinski definition) is 0. The molecule has 4 rings (SSSR count). The van der Waals surface area contributed by atoms with Crippen molar-refractivity contribution >= 4 is 12.2 Å². The lowest BCUT2D eigenvalue weighted by atomic mass is 9.78. The van der Waals surface area contributed by atoms with Crippen LogP contribution >= 0.6 is 0 Å². The summed E-state index contributed by atoms with van der Waals surface area (Å²) in [4.78, 5) is 0. The van der Waals surface area contributed by atoms with Crippen molar-refractivity contribution in [1.82, 2.24) is 0 Å². The fraction of sp³-hybridized carbons (Fsp3) is 0.389. The molecule has 0 amide bonds.